The lowest BCUT2D eigenvalue weighted by Crippen LogP contribution is -2.15. The first-order chi connectivity index (χ1) is 16.5. The molecule has 0 atom stereocenters. The molecule has 1 aliphatic rings. The lowest BCUT2D eigenvalue weighted by atomic mass is 10.1. The van der Waals surface area contributed by atoms with Gasteiger partial charge in [0.2, 0.25) is 4.80 Å². The van der Waals surface area contributed by atoms with Gasteiger partial charge in [-0.05, 0) is 61.0 Å². The van der Waals surface area contributed by atoms with E-state index in [0.717, 1.165) is 39.6 Å². The number of aryl methyl sites for hydroxylation is 1. The van der Waals surface area contributed by atoms with Crippen molar-refractivity contribution in [2.24, 2.45) is 10.1 Å². The van der Waals surface area contributed by atoms with E-state index in [1.807, 2.05) is 54.8 Å². The molecule has 0 fully saturated rings. The molecule has 2 heterocycles. The minimum absolute atomic E-state index is 0.179. The summed E-state index contributed by atoms with van der Waals surface area (Å²) in [6, 6.07) is 18.4. The molecule has 0 bridgehead atoms. The van der Waals surface area contributed by atoms with Gasteiger partial charge in [-0.2, -0.15) is 5.10 Å². The Labute approximate surface area is 200 Å². The zero-order valence-corrected chi connectivity index (χ0v) is 19.2. The highest BCUT2D eigenvalue weighted by atomic mass is 32.1. The van der Waals surface area contributed by atoms with Gasteiger partial charge < -0.3 is 20.3 Å². The fourth-order valence-corrected chi connectivity index (χ4v) is 4.32. The number of thiazole rings is 1. The van der Waals surface area contributed by atoms with Gasteiger partial charge in [0.25, 0.3) is 0 Å². The second-order valence-electron chi connectivity index (χ2n) is 7.88. The molecule has 0 unspecified atom stereocenters. The summed E-state index contributed by atoms with van der Waals surface area (Å²) in [6.07, 6.45) is 1.62. The number of hydrogen-bond donors (Lipinski definition) is 3. The quantitative estimate of drug-likeness (QED) is 0.276. The zero-order valence-electron chi connectivity index (χ0n) is 18.4. The van der Waals surface area contributed by atoms with Crippen LogP contribution in [0.2, 0.25) is 0 Å². The highest BCUT2D eigenvalue weighted by Gasteiger charge is 2.15. The maximum absolute atomic E-state index is 9.83. The number of ether oxygens (including phenoxy) is 1. The number of aromatic hydroxyl groups is 2. The van der Waals surface area contributed by atoms with Crippen LogP contribution in [-0.2, 0) is 0 Å². The molecule has 7 nitrogen and oxygen atoms in total. The van der Waals surface area contributed by atoms with Gasteiger partial charge in [0.15, 0.2) is 11.5 Å². The SMILES string of the molecule is C=C1COc2ccc(-c3csc(=Nc4ccc(C)cc4)n3/N=C/c3ccc(O)c(O)c3)cc2N1. The van der Waals surface area contributed by atoms with Crippen molar-refractivity contribution >= 4 is 28.9 Å². The monoisotopic (exact) mass is 470 g/mol. The van der Waals surface area contributed by atoms with Gasteiger partial charge in [0.1, 0.15) is 12.4 Å². The molecule has 4 aromatic rings. The third-order valence-electron chi connectivity index (χ3n) is 5.25. The van der Waals surface area contributed by atoms with Crippen LogP contribution in [-0.4, -0.2) is 27.7 Å². The Morgan fingerprint density at radius 1 is 1.06 bits per heavy atom. The molecule has 0 saturated carbocycles. The summed E-state index contributed by atoms with van der Waals surface area (Å²) in [5.74, 6) is 0.386. The van der Waals surface area contributed by atoms with E-state index in [2.05, 4.69) is 17.0 Å². The molecule has 170 valence electrons. The molecule has 8 heteroatoms. The third-order valence-corrected chi connectivity index (χ3v) is 6.07. The Morgan fingerprint density at radius 2 is 1.88 bits per heavy atom. The van der Waals surface area contributed by atoms with Crippen LogP contribution in [0, 0.1) is 6.92 Å². The average Bonchev–Trinajstić information content (AvgIpc) is 3.23. The van der Waals surface area contributed by atoms with E-state index >= 15 is 0 Å². The fraction of sp³-hybridized carbons (Fsp3) is 0.0769. The molecular weight excluding hydrogens is 448 g/mol. The predicted octanol–water partition coefficient (Wildman–Crippen LogP) is 5.37. The molecule has 0 aliphatic carbocycles. The lowest BCUT2D eigenvalue weighted by Gasteiger charge is -2.21. The maximum Gasteiger partial charge on any atom is 0.211 e. The van der Waals surface area contributed by atoms with Crippen LogP contribution >= 0.6 is 11.3 Å². The predicted molar refractivity (Wildman–Crippen MR) is 135 cm³/mol. The third kappa shape index (κ3) is 4.44. The van der Waals surface area contributed by atoms with Gasteiger partial charge in [-0.25, -0.2) is 9.67 Å². The second-order valence-corrected chi connectivity index (χ2v) is 8.72. The number of phenols is 2. The van der Waals surface area contributed by atoms with Crippen molar-refractivity contribution in [3.63, 3.8) is 0 Å². The van der Waals surface area contributed by atoms with Crippen molar-refractivity contribution in [1.82, 2.24) is 4.68 Å². The molecule has 0 radical (unpaired) electrons. The van der Waals surface area contributed by atoms with Crippen molar-refractivity contribution in [3.8, 4) is 28.5 Å². The Hall–Kier alpha value is -4.30. The summed E-state index contributed by atoms with van der Waals surface area (Å²) in [5, 5.41) is 29.4. The van der Waals surface area contributed by atoms with E-state index in [9.17, 15) is 10.2 Å². The molecular formula is C26H22N4O3S. The lowest BCUT2D eigenvalue weighted by molar-refractivity contribution is 0.346. The van der Waals surface area contributed by atoms with Crippen molar-refractivity contribution in [3.05, 3.63) is 94.2 Å². The highest BCUT2D eigenvalue weighted by Crippen LogP contribution is 2.34. The summed E-state index contributed by atoms with van der Waals surface area (Å²) in [5.41, 5.74) is 6.03. The largest absolute Gasteiger partial charge is 0.504 e. The normalized spacial score (nSPS) is 13.6. The molecule has 0 amide bonds. The number of hydrogen-bond acceptors (Lipinski definition) is 7. The van der Waals surface area contributed by atoms with Crippen LogP contribution in [0.25, 0.3) is 11.3 Å². The van der Waals surface area contributed by atoms with E-state index in [-0.39, 0.29) is 11.5 Å². The Morgan fingerprint density at radius 3 is 2.68 bits per heavy atom. The summed E-state index contributed by atoms with van der Waals surface area (Å²) < 4.78 is 7.48. The standard InChI is InChI=1S/C26H22N4O3S/c1-16-3-7-20(8-4-16)29-26-30(27-13-18-5-9-23(31)24(32)11-18)22(15-34-26)19-6-10-25-21(12-19)28-17(2)14-33-25/h3-13,15,28,31-32H,2,14H2,1H3/b27-13+,29-26?. The van der Waals surface area contributed by atoms with E-state index in [1.54, 1.807) is 17.0 Å². The number of nitrogens with zero attached hydrogens (tertiary/aromatic N) is 3. The van der Waals surface area contributed by atoms with Crippen molar-refractivity contribution in [1.29, 1.82) is 0 Å². The average molecular weight is 471 g/mol. The minimum Gasteiger partial charge on any atom is -0.504 e. The Balaban J connectivity index is 1.62. The van der Waals surface area contributed by atoms with Crippen LogP contribution in [0.3, 0.4) is 0 Å². The van der Waals surface area contributed by atoms with Gasteiger partial charge in [0.05, 0.1) is 23.3 Å². The number of benzene rings is 3. The number of phenolic OH excluding ortho intramolecular Hbond substituents is 2. The first kappa shape index (κ1) is 21.5. The Kier molecular flexibility index (Phi) is 5.65. The number of rotatable bonds is 4. The number of aromatic nitrogens is 1. The molecule has 0 saturated heterocycles. The maximum atomic E-state index is 9.83. The fourth-order valence-electron chi connectivity index (χ4n) is 3.47. The number of fused-ring (bicyclic) bond motifs is 1. The first-order valence-corrected chi connectivity index (χ1v) is 11.4. The van der Waals surface area contributed by atoms with Crippen LogP contribution in [0.15, 0.2) is 88.4 Å². The summed E-state index contributed by atoms with van der Waals surface area (Å²) >= 11 is 1.47. The number of anilines is 1. The minimum atomic E-state index is -0.204. The van der Waals surface area contributed by atoms with Crippen LogP contribution in [0.4, 0.5) is 11.4 Å². The molecule has 3 N–H and O–H groups in total. The molecule has 34 heavy (non-hydrogen) atoms. The van der Waals surface area contributed by atoms with Gasteiger partial charge in [-0.3, -0.25) is 0 Å². The summed E-state index contributed by atoms with van der Waals surface area (Å²) in [7, 11) is 0. The van der Waals surface area contributed by atoms with Crippen LogP contribution in [0.5, 0.6) is 17.2 Å². The smallest absolute Gasteiger partial charge is 0.211 e. The van der Waals surface area contributed by atoms with Crippen molar-refractivity contribution in [2.75, 3.05) is 11.9 Å². The molecule has 0 spiro atoms. The van der Waals surface area contributed by atoms with E-state index < -0.39 is 0 Å². The summed E-state index contributed by atoms with van der Waals surface area (Å²) in [4.78, 5) is 5.48. The van der Waals surface area contributed by atoms with Gasteiger partial charge in [-0.15, -0.1) is 11.3 Å². The zero-order chi connectivity index (χ0) is 23.7. The van der Waals surface area contributed by atoms with Crippen molar-refractivity contribution in [2.45, 2.75) is 6.92 Å². The molecule has 1 aromatic heterocycles. The van der Waals surface area contributed by atoms with Crippen LogP contribution in [0.1, 0.15) is 11.1 Å². The topological polar surface area (TPSA) is 91.4 Å². The van der Waals surface area contributed by atoms with E-state index in [0.29, 0.717) is 17.0 Å². The molecule has 1 aliphatic heterocycles. The van der Waals surface area contributed by atoms with E-state index in [4.69, 9.17) is 9.73 Å². The molecule has 5 rings (SSSR count). The summed E-state index contributed by atoms with van der Waals surface area (Å²) in [6.45, 7) is 6.42. The van der Waals surface area contributed by atoms with Gasteiger partial charge in [0, 0.05) is 16.6 Å². The molecule has 3 aromatic carbocycles. The van der Waals surface area contributed by atoms with Gasteiger partial charge in [-0.1, -0.05) is 24.3 Å². The van der Waals surface area contributed by atoms with Crippen molar-refractivity contribution < 1.29 is 14.9 Å². The van der Waals surface area contributed by atoms with E-state index in [1.165, 1.54) is 23.5 Å². The number of nitrogens with one attached hydrogen (secondary N) is 1. The van der Waals surface area contributed by atoms with Crippen LogP contribution < -0.4 is 14.9 Å². The highest BCUT2D eigenvalue weighted by molar-refractivity contribution is 7.07. The second kappa shape index (κ2) is 8.92. The Bertz CT molecular complexity index is 1480. The first-order valence-electron chi connectivity index (χ1n) is 10.6. The van der Waals surface area contributed by atoms with Gasteiger partial charge >= 0.3 is 0 Å².